The fraction of sp³-hybridized carbons (Fsp3) is 0.312. The number of rotatable bonds is 5. The van der Waals surface area contributed by atoms with Crippen LogP contribution in [-0.2, 0) is 12.8 Å². The first-order chi connectivity index (χ1) is 9.19. The summed E-state index contributed by atoms with van der Waals surface area (Å²) >= 11 is 0. The molecule has 0 aliphatic heterocycles. The normalized spacial score (nSPS) is 12.4. The van der Waals surface area contributed by atoms with E-state index in [4.69, 9.17) is 0 Å². The minimum atomic E-state index is -0.170. The van der Waals surface area contributed by atoms with E-state index in [0.717, 1.165) is 24.0 Å². The Bertz CT molecular complexity index is 526. The number of aromatic nitrogens is 1. The third kappa shape index (κ3) is 3.86. The topological polar surface area (TPSA) is 24.9 Å². The van der Waals surface area contributed by atoms with Gasteiger partial charge in [-0.1, -0.05) is 12.1 Å². The summed E-state index contributed by atoms with van der Waals surface area (Å²) in [6.07, 6.45) is 5.35. The number of hydrogen-bond donors (Lipinski definition) is 1. The van der Waals surface area contributed by atoms with Gasteiger partial charge >= 0.3 is 0 Å². The second-order valence-electron chi connectivity index (χ2n) is 4.83. The highest BCUT2D eigenvalue weighted by Gasteiger charge is 2.10. The number of nitrogens with zero attached hydrogens (tertiary/aromatic N) is 1. The Hall–Kier alpha value is -1.74. The molecule has 100 valence electrons. The van der Waals surface area contributed by atoms with Crippen LogP contribution in [0.25, 0.3) is 0 Å². The molecule has 1 unspecified atom stereocenters. The number of aryl methyl sites for hydroxylation is 1. The molecule has 2 rings (SSSR count). The summed E-state index contributed by atoms with van der Waals surface area (Å²) in [7, 11) is 1.94. The van der Waals surface area contributed by atoms with Crippen LogP contribution in [0.1, 0.15) is 16.7 Å². The average Bonchev–Trinajstić information content (AvgIpc) is 2.43. The van der Waals surface area contributed by atoms with Gasteiger partial charge in [-0.25, -0.2) is 4.39 Å². The summed E-state index contributed by atoms with van der Waals surface area (Å²) in [6.45, 7) is 2.02. The SMILES string of the molecule is CNC(Cc1cccnc1)Cc1cc(F)ccc1C. The molecular weight excluding hydrogens is 239 g/mol. The smallest absolute Gasteiger partial charge is 0.123 e. The van der Waals surface area contributed by atoms with E-state index in [0.29, 0.717) is 0 Å². The Kier molecular flexibility index (Phi) is 4.63. The van der Waals surface area contributed by atoms with Crippen molar-refractivity contribution in [2.45, 2.75) is 25.8 Å². The number of likely N-dealkylation sites (N-methyl/N-ethyl adjacent to an activating group) is 1. The van der Waals surface area contributed by atoms with E-state index < -0.39 is 0 Å². The number of halogens is 1. The first kappa shape index (κ1) is 13.7. The van der Waals surface area contributed by atoms with E-state index in [2.05, 4.69) is 16.4 Å². The molecule has 0 fully saturated rings. The lowest BCUT2D eigenvalue weighted by Gasteiger charge is -2.17. The molecule has 0 aliphatic carbocycles. The van der Waals surface area contributed by atoms with Crippen LogP contribution >= 0.6 is 0 Å². The van der Waals surface area contributed by atoms with Crippen LogP contribution < -0.4 is 5.32 Å². The van der Waals surface area contributed by atoms with Gasteiger partial charge in [-0.3, -0.25) is 4.98 Å². The van der Waals surface area contributed by atoms with Gasteiger partial charge in [0.2, 0.25) is 0 Å². The molecule has 0 spiro atoms. The van der Waals surface area contributed by atoms with Crippen molar-refractivity contribution in [1.82, 2.24) is 10.3 Å². The quantitative estimate of drug-likeness (QED) is 0.892. The highest BCUT2D eigenvalue weighted by Crippen LogP contribution is 2.14. The van der Waals surface area contributed by atoms with Gasteiger partial charge < -0.3 is 5.32 Å². The van der Waals surface area contributed by atoms with Crippen molar-refractivity contribution in [3.8, 4) is 0 Å². The van der Waals surface area contributed by atoms with Crippen molar-refractivity contribution in [3.63, 3.8) is 0 Å². The predicted octanol–water partition coefficient (Wildman–Crippen LogP) is 2.90. The van der Waals surface area contributed by atoms with Crippen LogP contribution in [0.3, 0.4) is 0 Å². The lowest BCUT2D eigenvalue weighted by molar-refractivity contribution is 0.551. The molecule has 0 amide bonds. The zero-order chi connectivity index (χ0) is 13.7. The molecule has 2 nitrogen and oxygen atoms in total. The van der Waals surface area contributed by atoms with E-state index in [9.17, 15) is 4.39 Å². The van der Waals surface area contributed by atoms with Gasteiger partial charge in [0.15, 0.2) is 0 Å². The second kappa shape index (κ2) is 6.43. The van der Waals surface area contributed by atoms with Gasteiger partial charge in [-0.05, 0) is 61.7 Å². The first-order valence-electron chi connectivity index (χ1n) is 6.50. The van der Waals surface area contributed by atoms with Crippen LogP contribution in [0.2, 0.25) is 0 Å². The summed E-state index contributed by atoms with van der Waals surface area (Å²) in [4.78, 5) is 4.12. The molecule has 0 bridgehead atoms. The van der Waals surface area contributed by atoms with Crippen molar-refractivity contribution >= 4 is 0 Å². The van der Waals surface area contributed by atoms with Crippen LogP contribution in [0.4, 0.5) is 4.39 Å². The van der Waals surface area contributed by atoms with Gasteiger partial charge in [0.05, 0.1) is 0 Å². The lowest BCUT2D eigenvalue weighted by atomic mass is 9.97. The highest BCUT2D eigenvalue weighted by atomic mass is 19.1. The molecule has 19 heavy (non-hydrogen) atoms. The molecule has 1 atom stereocenters. The number of pyridine rings is 1. The Labute approximate surface area is 113 Å². The standard InChI is InChI=1S/C16H19FN2/c1-12-5-6-15(17)9-14(12)10-16(18-2)8-13-4-3-7-19-11-13/h3-7,9,11,16,18H,8,10H2,1-2H3. The minimum Gasteiger partial charge on any atom is -0.316 e. The van der Waals surface area contributed by atoms with E-state index in [1.54, 1.807) is 12.3 Å². The Morgan fingerprint density at radius 1 is 1.26 bits per heavy atom. The zero-order valence-corrected chi connectivity index (χ0v) is 11.4. The highest BCUT2D eigenvalue weighted by molar-refractivity contribution is 5.27. The first-order valence-corrected chi connectivity index (χ1v) is 6.50. The number of hydrogen-bond acceptors (Lipinski definition) is 2. The predicted molar refractivity (Wildman–Crippen MR) is 75.6 cm³/mol. The lowest BCUT2D eigenvalue weighted by Crippen LogP contribution is -2.30. The third-order valence-electron chi connectivity index (χ3n) is 3.39. The van der Waals surface area contributed by atoms with Crippen LogP contribution in [0, 0.1) is 12.7 Å². The molecule has 0 saturated carbocycles. The Morgan fingerprint density at radius 3 is 2.79 bits per heavy atom. The van der Waals surface area contributed by atoms with Gasteiger partial charge in [0, 0.05) is 18.4 Å². The minimum absolute atomic E-state index is 0.170. The molecule has 3 heteroatoms. The molecule has 2 aromatic rings. The maximum Gasteiger partial charge on any atom is 0.123 e. The van der Waals surface area contributed by atoms with Crippen molar-refractivity contribution < 1.29 is 4.39 Å². The number of nitrogens with one attached hydrogen (secondary N) is 1. The molecule has 0 aliphatic rings. The fourth-order valence-corrected chi connectivity index (χ4v) is 2.21. The van der Waals surface area contributed by atoms with Gasteiger partial charge in [-0.15, -0.1) is 0 Å². The van der Waals surface area contributed by atoms with Crippen LogP contribution in [-0.4, -0.2) is 18.1 Å². The molecule has 0 saturated heterocycles. The Balaban J connectivity index is 2.09. The fourth-order valence-electron chi connectivity index (χ4n) is 2.21. The maximum atomic E-state index is 13.3. The largest absolute Gasteiger partial charge is 0.316 e. The van der Waals surface area contributed by atoms with Crippen LogP contribution in [0.5, 0.6) is 0 Å². The van der Waals surface area contributed by atoms with Crippen molar-refractivity contribution in [2.75, 3.05) is 7.05 Å². The zero-order valence-electron chi connectivity index (χ0n) is 11.4. The molecule has 0 radical (unpaired) electrons. The summed E-state index contributed by atoms with van der Waals surface area (Å²) < 4.78 is 13.3. The summed E-state index contributed by atoms with van der Waals surface area (Å²) in [5.41, 5.74) is 3.38. The van der Waals surface area contributed by atoms with E-state index >= 15 is 0 Å². The third-order valence-corrected chi connectivity index (χ3v) is 3.39. The molecular formula is C16H19FN2. The summed E-state index contributed by atoms with van der Waals surface area (Å²) in [5.74, 6) is -0.170. The second-order valence-corrected chi connectivity index (χ2v) is 4.83. The van der Waals surface area contributed by atoms with Crippen molar-refractivity contribution in [2.24, 2.45) is 0 Å². The Morgan fingerprint density at radius 2 is 2.11 bits per heavy atom. The molecule has 1 heterocycles. The van der Waals surface area contributed by atoms with E-state index in [-0.39, 0.29) is 11.9 Å². The summed E-state index contributed by atoms with van der Waals surface area (Å²) in [5, 5.41) is 3.30. The maximum absolute atomic E-state index is 13.3. The summed E-state index contributed by atoms with van der Waals surface area (Å²) in [6, 6.07) is 9.26. The molecule has 1 aromatic heterocycles. The molecule has 1 N–H and O–H groups in total. The van der Waals surface area contributed by atoms with Gasteiger partial charge in [-0.2, -0.15) is 0 Å². The van der Waals surface area contributed by atoms with E-state index in [1.165, 1.54) is 11.6 Å². The van der Waals surface area contributed by atoms with Crippen molar-refractivity contribution in [1.29, 1.82) is 0 Å². The van der Waals surface area contributed by atoms with Crippen molar-refractivity contribution in [3.05, 3.63) is 65.2 Å². The monoisotopic (exact) mass is 258 g/mol. The van der Waals surface area contributed by atoms with E-state index in [1.807, 2.05) is 32.3 Å². The van der Waals surface area contributed by atoms with Gasteiger partial charge in [0.25, 0.3) is 0 Å². The molecule has 1 aromatic carbocycles. The van der Waals surface area contributed by atoms with Crippen LogP contribution in [0.15, 0.2) is 42.7 Å². The number of benzene rings is 1. The average molecular weight is 258 g/mol. The van der Waals surface area contributed by atoms with Gasteiger partial charge in [0.1, 0.15) is 5.82 Å².